The minimum atomic E-state index is -0.736. The highest BCUT2D eigenvalue weighted by Crippen LogP contribution is 2.03. The molecule has 2 N–H and O–H groups in total. The van der Waals surface area contributed by atoms with E-state index in [-0.39, 0.29) is 5.89 Å². The molecule has 0 saturated carbocycles. The van der Waals surface area contributed by atoms with E-state index in [0.717, 1.165) is 0 Å². The van der Waals surface area contributed by atoms with Crippen molar-refractivity contribution in [1.82, 2.24) is 4.98 Å². The van der Waals surface area contributed by atoms with Crippen LogP contribution in [0.5, 0.6) is 0 Å². The van der Waals surface area contributed by atoms with Gasteiger partial charge >= 0.3 is 0 Å². The number of hydrogen-bond acceptors (Lipinski definition) is 4. The molecule has 0 radical (unpaired) electrons. The van der Waals surface area contributed by atoms with Gasteiger partial charge in [0, 0.05) is 0 Å². The fraction of sp³-hybridized carbons (Fsp3) is 0.200. The van der Waals surface area contributed by atoms with Gasteiger partial charge in [-0.3, -0.25) is 0 Å². The van der Waals surface area contributed by atoms with Crippen LogP contribution in [0, 0.1) is 11.3 Å². The molecule has 0 bridgehead atoms. The van der Waals surface area contributed by atoms with Crippen molar-refractivity contribution >= 4 is 0 Å². The number of nitriles is 1. The van der Waals surface area contributed by atoms with Crippen molar-refractivity contribution in [3.8, 4) is 6.07 Å². The molecule has 4 heteroatoms. The molecule has 0 spiro atoms. The summed E-state index contributed by atoms with van der Waals surface area (Å²) in [5, 5.41) is 8.23. The van der Waals surface area contributed by atoms with Crippen LogP contribution in [0.2, 0.25) is 0 Å². The van der Waals surface area contributed by atoms with Gasteiger partial charge in [-0.05, 0) is 0 Å². The first-order valence-electron chi connectivity index (χ1n) is 2.39. The molecule has 1 rings (SSSR count). The number of nitrogens with zero attached hydrogens (tertiary/aromatic N) is 2. The Labute approximate surface area is 51.9 Å². The molecule has 1 atom stereocenters. The van der Waals surface area contributed by atoms with Crippen LogP contribution in [0.25, 0.3) is 0 Å². The van der Waals surface area contributed by atoms with E-state index in [9.17, 15) is 0 Å². The standard InChI is InChI=1S/C5H5N3O/c6-3-4(7)5-8-1-2-9-5/h1-2,4H,7H2. The molecule has 0 aliphatic carbocycles. The lowest BCUT2D eigenvalue weighted by Crippen LogP contribution is -2.06. The second kappa shape index (κ2) is 2.29. The average molecular weight is 123 g/mol. The quantitative estimate of drug-likeness (QED) is 0.578. The zero-order valence-corrected chi connectivity index (χ0v) is 4.61. The molecule has 9 heavy (non-hydrogen) atoms. The van der Waals surface area contributed by atoms with Crippen molar-refractivity contribution in [3.63, 3.8) is 0 Å². The highest BCUT2D eigenvalue weighted by Gasteiger charge is 2.06. The van der Waals surface area contributed by atoms with E-state index in [1.54, 1.807) is 6.07 Å². The van der Waals surface area contributed by atoms with Crippen molar-refractivity contribution in [2.75, 3.05) is 0 Å². The highest BCUT2D eigenvalue weighted by molar-refractivity contribution is 5.00. The number of aromatic nitrogens is 1. The van der Waals surface area contributed by atoms with Crippen LogP contribution < -0.4 is 5.73 Å². The van der Waals surface area contributed by atoms with Crippen LogP contribution in [0.3, 0.4) is 0 Å². The first-order chi connectivity index (χ1) is 4.34. The Hall–Kier alpha value is -1.34. The molecular formula is C5H5N3O. The molecule has 1 unspecified atom stereocenters. The van der Waals surface area contributed by atoms with E-state index in [2.05, 4.69) is 4.98 Å². The lowest BCUT2D eigenvalue weighted by atomic mass is 10.4. The largest absolute Gasteiger partial charge is 0.446 e. The van der Waals surface area contributed by atoms with Crippen LogP contribution in [0.4, 0.5) is 0 Å². The summed E-state index contributed by atoms with van der Waals surface area (Å²) in [5.41, 5.74) is 5.22. The van der Waals surface area contributed by atoms with Crippen LogP contribution in [-0.4, -0.2) is 4.98 Å². The van der Waals surface area contributed by atoms with Gasteiger partial charge in [-0.15, -0.1) is 0 Å². The van der Waals surface area contributed by atoms with Crippen LogP contribution in [0.1, 0.15) is 11.9 Å². The van der Waals surface area contributed by atoms with Crippen LogP contribution in [0.15, 0.2) is 16.9 Å². The first kappa shape index (κ1) is 5.79. The predicted octanol–water partition coefficient (Wildman–Crippen LogP) is 0.198. The van der Waals surface area contributed by atoms with Gasteiger partial charge < -0.3 is 10.2 Å². The summed E-state index contributed by atoms with van der Waals surface area (Å²) in [7, 11) is 0. The number of hydrogen-bond donors (Lipinski definition) is 1. The maximum absolute atomic E-state index is 8.23. The van der Waals surface area contributed by atoms with Gasteiger partial charge in [0.2, 0.25) is 5.89 Å². The monoisotopic (exact) mass is 123 g/mol. The second-order valence-electron chi connectivity index (χ2n) is 1.48. The van der Waals surface area contributed by atoms with E-state index in [1.165, 1.54) is 12.5 Å². The third-order valence-corrected chi connectivity index (χ3v) is 0.857. The molecule has 46 valence electrons. The lowest BCUT2D eigenvalue weighted by molar-refractivity contribution is 0.481. The third kappa shape index (κ3) is 1.06. The Morgan fingerprint density at radius 3 is 3.11 bits per heavy atom. The van der Waals surface area contributed by atoms with Gasteiger partial charge in [-0.2, -0.15) is 5.26 Å². The van der Waals surface area contributed by atoms with Gasteiger partial charge in [-0.25, -0.2) is 4.98 Å². The summed E-state index contributed by atoms with van der Waals surface area (Å²) in [5.74, 6) is 0.262. The number of oxazole rings is 1. The van der Waals surface area contributed by atoms with E-state index in [4.69, 9.17) is 15.4 Å². The van der Waals surface area contributed by atoms with Crippen molar-refractivity contribution in [2.45, 2.75) is 6.04 Å². The Balaban J connectivity index is 2.80. The molecule has 0 aliphatic rings. The molecule has 0 fully saturated rings. The summed E-state index contributed by atoms with van der Waals surface area (Å²) >= 11 is 0. The van der Waals surface area contributed by atoms with E-state index in [0.29, 0.717) is 0 Å². The van der Waals surface area contributed by atoms with Gasteiger partial charge in [0.25, 0.3) is 0 Å². The van der Waals surface area contributed by atoms with Gasteiger partial charge in [0.15, 0.2) is 6.04 Å². The minimum absolute atomic E-state index is 0.262. The molecule has 1 heterocycles. The Kier molecular flexibility index (Phi) is 1.47. The fourth-order valence-electron chi connectivity index (χ4n) is 0.443. The first-order valence-corrected chi connectivity index (χ1v) is 2.39. The topological polar surface area (TPSA) is 75.8 Å². The van der Waals surface area contributed by atoms with Gasteiger partial charge in [-0.1, -0.05) is 0 Å². The summed E-state index contributed by atoms with van der Waals surface area (Å²) < 4.78 is 4.73. The highest BCUT2D eigenvalue weighted by atomic mass is 16.3. The maximum atomic E-state index is 8.23. The maximum Gasteiger partial charge on any atom is 0.225 e. The molecule has 0 saturated heterocycles. The van der Waals surface area contributed by atoms with Crippen molar-refractivity contribution in [2.24, 2.45) is 5.73 Å². The zero-order chi connectivity index (χ0) is 6.69. The van der Waals surface area contributed by atoms with Crippen molar-refractivity contribution in [1.29, 1.82) is 5.26 Å². The molecule has 1 aromatic heterocycles. The smallest absolute Gasteiger partial charge is 0.225 e. The summed E-state index contributed by atoms with van der Waals surface area (Å²) in [4.78, 5) is 3.67. The third-order valence-electron chi connectivity index (χ3n) is 0.857. The molecule has 1 aromatic rings. The molecule has 0 aliphatic heterocycles. The number of rotatable bonds is 1. The molecular weight excluding hydrogens is 118 g/mol. The lowest BCUT2D eigenvalue weighted by Gasteiger charge is -1.90. The van der Waals surface area contributed by atoms with Crippen molar-refractivity contribution in [3.05, 3.63) is 18.4 Å². The van der Waals surface area contributed by atoms with Crippen LogP contribution in [-0.2, 0) is 0 Å². The molecule has 0 aromatic carbocycles. The molecule has 4 nitrogen and oxygen atoms in total. The van der Waals surface area contributed by atoms with E-state index in [1.807, 2.05) is 0 Å². The Bertz CT molecular complexity index is 211. The minimum Gasteiger partial charge on any atom is -0.446 e. The van der Waals surface area contributed by atoms with Crippen molar-refractivity contribution < 1.29 is 4.42 Å². The van der Waals surface area contributed by atoms with Gasteiger partial charge in [0.1, 0.15) is 6.26 Å². The number of nitrogens with two attached hydrogens (primary N) is 1. The Morgan fingerprint density at radius 1 is 1.89 bits per heavy atom. The predicted molar refractivity (Wildman–Crippen MR) is 29.0 cm³/mol. The van der Waals surface area contributed by atoms with E-state index < -0.39 is 6.04 Å². The summed E-state index contributed by atoms with van der Waals surface area (Å²) in [6.07, 6.45) is 2.83. The summed E-state index contributed by atoms with van der Waals surface area (Å²) in [6.45, 7) is 0. The Morgan fingerprint density at radius 2 is 2.67 bits per heavy atom. The van der Waals surface area contributed by atoms with Gasteiger partial charge in [0.05, 0.1) is 12.3 Å². The van der Waals surface area contributed by atoms with Crippen LogP contribution >= 0.6 is 0 Å². The molecule has 0 amide bonds. The second-order valence-corrected chi connectivity index (χ2v) is 1.48. The zero-order valence-electron chi connectivity index (χ0n) is 4.61. The fourth-order valence-corrected chi connectivity index (χ4v) is 0.443. The summed E-state index contributed by atoms with van der Waals surface area (Å²) in [6, 6.07) is 1.05. The average Bonchev–Trinajstić information content (AvgIpc) is 2.37. The normalized spacial score (nSPS) is 12.4. The van der Waals surface area contributed by atoms with E-state index >= 15 is 0 Å². The SMILES string of the molecule is N#CC(N)c1ncco1.